The Kier molecular flexibility index (Phi) is 7.73. The zero-order valence-corrected chi connectivity index (χ0v) is 19.4. The Morgan fingerprint density at radius 1 is 0.885 bits per heavy atom. The van der Waals surface area contributed by atoms with Crippen LogP contribution in [0.3, 0.4) is 0 Å². The Morgan fingerprint density at radius 3 is 1.65 bits per heavy atom. The normalized spacial score (nSPS) is 22.0. The second-order valence-corrected chi connectivity index (χ2v) is 15.5. The second kappa shape index (κ2) is 9.61. The first-order valence-electron chi connectivity index (χ1n) is 10.1. The van der Waals surface area contributed by atoms with Crippen LogP contribution >= 0.6 is 18.9 Å². The number of rotatable bonds is 6. The van der Waals surface area contributed by atoms with E-state index in [1.807, 2.05) is 6.07 Å². The summed E-state index contributed by atoms with van der Waals surface area (Å²) in [4.78, 5) is 0. The molecule has 1 atom stereocenters. The SMILES string of the molecule is COc1cccc(OC)c1[PH]([CH](Cl)[Pd])(C1CCCCC1)C1CCCCC1. The van der Waals surface area contributed by atoms with E-state index in [4.69, 9.17) is 21.1 Å². The Morgan fingerprint density at radius 2 is 1.31 bits per heavy atom. The fraction of sp³-hybridized carbons (Fsp3) is 0.714. The molecule has 151 valence electrons. The van der Waals surface area contributed by atoms with E-state index in [0.29, 0.717) is 11.3 Å². The first kappa shape index (κ1) is 20.9. The number of benzene rings is 1. The van der Waals surface area contributed by atoms with Gasteiger partial charge in [-0.15, -0.1) is 0 Å². The molecule has 1 aromatic carbocycles. The summed E-state index contributed by atoms with van der Waals surface area (Å²) < 4.78 is 11.9. The maximum absolute atomic E-state index is 7.14. The van der Waals surface area contributed by atoms with Crippen molar-refractivity contribution >= 4 is 24.2 Å². The van der Waals surface area contributed by atoms with Gasteiger partial charge in [0.25, 0.3) is 0 Å². The van der Waals surface area contributed by atoms with Gasteiger partial charge in [0.1, 0.15) is 0 Å². The number of methoxy groups -OCH3 is 2. The van der Waals surface area contributed by atoms with Crippen molar-refractivity contribution in [2.45, 2.75) is 79.1 Å². The van der Waals surface area contributed by atoms with Crippen LogP contribution in [0.15, 0.2) is 18.2 Å². The van der Waals surface area contributed by atoms with Crippen molar-refractivity contribution in [3.8, 4) is 11.5 Å². The van der Waals surface area contributed by atoms with Crippen LogP contribution in [0.2, 0.25) is 0 Å². The van der Waals surface area contributed by atoms with Crippen molar-refractivity contribution in [2.24, 2.45) is 0 Å². The molecule has 2 nitrogen and oxygen atoms in total. The summed E-state index contributed by atoms with van der Waals surface area (Å²) in [7, 11) is 1.45. The van der Waals surface area contributed by atoms with Gasteiger partial charge >= 0.3 is 176 Å². The van der Waals surface area contributed by atoms with Crippen LogP contribution in [-0.4, -0.2) is 29.1 Å². The summed E-state index contributed by atoms with van der Waals surface area (Å²) in [5.74, 6) is 1.98. The first-order chi connectivity index (χ1) is 12.7. The van der Waals surface area contributed by atoms with Crippen LogP contribution in [0, 0.1) is 0 Å². The third-order valence-electron chi connectivity index (χ3n) is 6.75. The molecule has 0 N–H and O–H groups in total. The summed E-state index contributed by atoms with van der Waals surface area (Å²) in [6, 6.07) is 6.27. The second-order valence-electron chi connectivity index (χ2n) is 7.91. The van der Waals surface area contributed by atoms with E-state index in [9.17, 15) is 0 Å². The molecule has 2 aliphatic carbocycles. The summed E-state index contributed by atoms with van der Waals surface area (Å²) in [6.45, 7) is 0. The quantitative estimate of drug-likeness (QED) is 0.285. The minimum absolute atomic E-state index is 0.0434. The molecule has 2 saturated carbocycles. The predicted octanol–water partition coefficient (Wildman–Crippen LogP) is 5.81. The van der Waals surface area contributed by atoms with Crippen molar-refractivity contribution in [1.29, 1.82) is 0 Å². The van der Waals surface area contributed by atoms with Gasteiger partial charge in [-0.1, -0.05) is 0 Å². The van der Waals surface area contributed by atoms with Crippen LogP contribution < -0.4 is 14.8 Å². The molecule has 0 heterocycles. The molecule has 0 aliphatic heterocycles. The van der Waals surface area contributed by atoms with Crippen LogP contribution in [0.4, 0.5) is 0 Å². The number of alkyl halides is 1. The zero-order chi connectivity index (χ0) is 18.6. The van der Waals surface area contributed by atoms with Crippen molar-refractivity contribution in [3.63, 3.8) is 0 Å². The average Bonchev–Trinajstić information content (AvgIpc) is 2.70. The van der Waals surface area contributed by atoms with E-state index in [1.165, 1.54) is 69.5 Å². The van der Waals surface area contributed by atoms with Gasteiger partial charge in [0.15, 0.2) is 0 Å². The number of hydrogen-bond donors (Lipinski definition) is 0. The van der Waals surface area contributed by atoms with E-state index >= 15 is 0 Å². The van der Waals surface area contributed by atoms with Crippen molar-refractivity contribution in [1.82, 2.24) is 0 Å². The van der Waals surface area contributed by atoms with Crippen molar-refractivity contribution < 1.29 is 28.7 Å². The fourth-order valence-corrected chi connectivity index (χ4v) is 16.2. The Hall–Kier alpha value is 0.202. The molecular formula is C21H33ClO2PPd. The van der Waals surface area contributed by atoms with Gasteiger partial charge in [0.05, 0.1) is 0 Å². The molecule has 0 amide bonds. The minimum atomic E-state index is -2.13. The molecule has 0 radical (unpaired) electrons. The number of hydrogen-bond acceptors (Lipinski definition) is 2. The van der Waals surface area contributed by atoms with Crippen molar-refractivity contribution in [3.05, 3.63) is 18.2 Å². The van der Waals surface area contributed by atoms with E-state index in [2.05, 4.69) is 31.3 Å². The number of ether oxygens (including phenoxy) is 2. The Bertz CT molecular complexity index is 543. The summed E-state index contributed by atoms with van der Waals surface area (Å²) in [5, 5.41) is 1.34. The molecular weight excluding hydrogens is 457 g/mol. The van der Waals surface area contributed by atoms with Crippen molar-refractivity contribution in [2.75, 3.05) is 14.2 Å². The van der Waals surface area contributed by atoms with Gasteiger partial charge in [0, 0.05) is 0 Å². The molecule has 2 aliphatic rings. The zero-order valence-electron chi connectivity index (χ0n) is 16.0. The van der Waals surface area contributed by atoms with Gasteiger partial charge < -0.3 is 0 Å². The Balaban J connectivity index is 2.22. The molecule has 0 bridgehead atoms. The number of halogens is 1. The van der Waals surface area contributed by atoms with Gasteiger partial charge in [0.2, 0.25) is 0 Å². The standard InChI is InChI=1S/C21H33ClO2P.Pd/c1-23-19-14-9-15-20(24-2)21(19)25(16-22,17-10-5-3-6-11-17)18-12-7-4-8-13-18;/h9,14-18,25H,3-8,10-13H2,1-2H3;. The third kappa shape index (κ3) is 3.85. The summed E-state index contributed by atoms with van der Waals surface area (Å²) in [5.41, 5.74) is 1.42. The first-order valence-corrected chi connectivity index (χ1v) is 13.7. The van der Waals surface area contributed by atoms with Crippen LogP contribution in [-0.2, 0) is 19.2 Å². The van der Waals surface area contributed by atoms with Gasteiger partial charge in [-0.2, -0.15) is 0 Å². The molecule has 0 aromatic heterocycles. The average molecular weight is 490 g/mol. The molecule has 0 spiro atoms. The maximum atomic E-state index is 7.14. The molecule has 26 heavy (non-hydrogen) atoms. The monoisotopic (exact) mass is 489 g/mol. The fourth-order valence-electron chi connectivity index (χ4n) is 5.61. The molecule has 0 saturated heterocycles. The van der Waals surface area contributed by atoms with Crippen LogP contribution in [0.5, 0.6) is 11.5 Å². The molecule has 2 fully saturated rings. The molecule has 3 rings (SSSR count). The Labute approximate surface area is 175 Å². The molecule has 1 aromatic rings. The van der Waals surface area contributed by atoms with E-state index in [-0.39, 0.29) is 3.59 Å². The topological polar surface area (TPSA) is 18.5 Å². The van der Waals surface area contributed by atoms with E-state index in [1.54, 1.807) is 14.2 Å². The van der Waals surface area contributed by atoms with Crippen LogP contribution in [0.25, 0.3) is 0 Å². The third-order valence-corrected chi connectivity index (χ3v) is 15.9. The van der Waals surface area contributed by atoms with E-state index in [0.717, 1.165) is 11.5 Å². The van der Waals surface area contributed by atoms with E-state index < -0.39 is 7.26 Å². The van der Waals surface area contributed by atoms with Crippen LogP contribution in [0.1, 0.15) is 64.2 Å². The summed E-state index contributed by atoms with van der Waals surface area (Å²) in [6.07, 6.45) is 13.3. The molecule has 5 heteroatoms. The van der Waals surface area contributed by atoms with Gasteiger partial charge in [-0.3, -0.25) is 0 Å². The molecule has 1 unspecified atom stereocenters. The van der Waals surface area contributed by atoms with Gasteiger partial charge in [-0.25, -0.2) is 0 Å². The predicted molar refractivity (Wildman–Crippen MR) is 111 cm³/mol. The van der Waals surface area contributed by atoms with Gasteiger partial charge in [-0.05, 0) is 0 Å². The summed E-state index contributed by atoms with van der Waals surface area (Å²) >= 11 is 10.8.